The summed E-state index contributed by atoms with van der Waals surface area (Å²) in [6.45, 7) is 4.95. The van der Waals surface area contributed by atoms with Gasteiger partial charge in [-0.3, -0.25) is 14.0 Å². The van der Waals surface area contributed by atoms with E-state index in [9.17, 15) is 9.59 Å². The molecule has 0 aliphatic carbocycles. The Kier molecular flexibility index (Phi) is 5.23. The van der Waals surface area contributed by atoms with Crippen molar-refractivity contribution in [3.05, 3.63) is 65.2 Å². The third-order valence-electron chi connectivity index (χ3n) is 4.13. The van der Waals surface area contributed by atoms with E-state index in [0.717, 1.165) is 0 Å². The first-order valence-electron chi connectivity index (χ1n) is 8.39. The van der Waals surface area contributed by atoms with Crippen molar-refractivity contribution in [3.63, 3.8) is 0 Å². The van der Waals surface area contributed by atoms with Crippen molar-refractivity contribution in [1.29, 1.82) is 0 Å². The number of nitrogens with one attached hydrogen (secondary N) is 1. The number of pyridine rings is 1. The summed E-state index contributed by atoms with van der Waals surface area (Å²) >= 11 is 6.11. The molecular weight excluding hydrogens is 352 g/mol. The van der Waals surface area contributed by atoms with Gasteiger partial charge >= 0.3 is 0 Å². The Morgan fingerprint density at radius 2 is 1.81 bits per heavy atom. The first-order valence-corrected chi connectivity index (χ1v) is 8.76. The summed E-state index contributed by atoms with van der Waals surface area (Å²) in [6.07, 6.45) is 1.73. The number of imidazole rings is 1. The van der Waals surface area contributed by atoms with Gasteiger partial charge in [0.15, 0.2) is 5.69 Å². The molecule has 1 aromatic carbocycles. The highest BCUT2D eigenvalue weighted by atomic mass is 35.5. The van der Waals surface area contributed by atoms with E-state index in [1.54, 1.807) is 58.0 Å². The number of para-hydroxylation sites is 1. The maximum Gasteiger partial charge on any atom is 0.290 e. The Balaban J connectivity index is 2.03. The zero-order valence-electron chi connectivity index (χ0n) is 14.6. The second kappa shape index (κ2) is 7.58. The van der Waals surface area contributed by atoms with Crippen LogP contribution in [0.15, 0.2) is 48.7 Å². The van der Waals surface area contributed by atoms with Gasteiger partial charge in [-0.05, 0) is 38.1 Å². The Hall–Kier alpha value is -2.86. The lowest BCUT2D eigenvalue weighted by molar-refractivity contribution is 0.0760. The van der Waals surface area contributed by atoms with E-state index in [1.165, 1.54) is 0 Å². The Morgan fingerprint density at radius 3 is 2.50 bits per heavy atom. The van der Waals surface area contributed by atoms with Gasteiger partial charge in [0.05, 0.1) is 16.2 Å². The maximum atomic E-state index is 12.8. The predicted octanol–water partition coefficient (Wildman–Crippen LogP) is 3.72. The van der Waals surface area contributed by atoms with Gasteiger partial charge in [0.1, 0.15) is 0 Å². The van der Waals surface area contributed by atoms with E-state index in [-0.39, 0.29) is 17.4 Å². The first kappa shape index (κ1) is 17.9. The Bertz CT molecular complexity index is 963. The summed E-state index contributed by atoms with van der Waals surface area (Å²) in [5.41, 5.74) is 1.24. The summed E-state index contributed by atoms with van der Waals surface area (Å²) in [5, 5.41) is 3.19. The van der Waals surface area contributed by atoms with Gasteiger partial charge in [-0.1, -0.05) is 29.8 Å². The number of carbonyl (C=O) groups excluding carboxylic acids is 2. The van der Waals surface area contributed by atoms with Crippen LogP contribution in [0, 0.1) is 0 Å². The molecule has 2 heterocycles. The lowest BCUT2D eigenvalue weighted by Crippen LogP contribution is -2.32. The highest BCUT2D eigenvalue weighted by Crippen LogP contribution is 2.22. The monoisotopic (exact) mass is 370 g/mol. The second-order valence-corrected chi connectivity index (χ2v) is 6.06. The van der Waals surface area contributed by atoms with Crippen molar-refractivity contribution in [1.82, 2.24) is 14.3 Å². The Morgan fingerprint density at radius 1 is 1.12 bits per heavy atom. The van der Waals surface area contributed by atoms with Crippen LogP contribution in [-0.4, -0.2) is 39.2 Å². The average Bonchev–Trinajstić information content (AvgIpc) is 3.04. The molecule has 3 rings (SSSR count). The van der Waals surface area contributed by atoms with Gasteiger partial charge < -0.3 is 10.2 Å². The van der Waals surface area contributed by atoms with Crippen molar-refractivity contribution in [2.75, 3.05) is 18.4 Å². The molecule has 0 aliphatic rings. The molecule has 0 bridgehead atoms. The molecule has 0 radical (unpaired) electrons. The number of fused-ring (bicyclic) bond motifs is 1. The summed E-state index contributed by atoms with van der Waals surface area (Å²) in [4.78, 5) is 31.5. The number of carbonyl (C=O) groups is 2. The van der Waals surface area contributed by atoms with Gasteiger partial charge in [-0.15, -0.1) is 0 Å². The molecule has 6 nitrogen and oxygen atoms in total. The molecular formula is C19H19ClN4O2. The number of aromatic nitrogens is 2. The van der Waals surface area contributed by atoms with Crippen LogP contribution in [0.5, 0.6) is 0 Å². The fourth-order valence-corrected chi connectivity index (χ4v) is 2.94. The van der Waals surface area contributed by atoms with Crippen molar-refractivity contribution in [3.8, 4) is 0 Å². The summed E-state index contributed by atoms with van der Waals surface area (Å²) < 4.78 is 1.64. The molecule has 0 aliphatic heterocycles. The zero-order valence-corrected chi connectivity index (χ0v) is 15.3. The lowest BCUT2D eigenvalue weighted by atomic mass is 10.3. The van der Waals surface area contributed by atoms with E-state index < -0.39 is 5.91 Å². The minimum Gasteiger partial charge on any atom is -0.337 e. The first-order chi connectivity index (χ1) is 12.6. The maximum absolute atomic E-state index is 12.8. The van der Waals surface area contributed by atoms with Crippen molar-refractivity contribution in [2.45, 2.75) is 13.8 Å². The minimum absolute atomic E-state index is 0.182. The Labute approximate surface area is 156 Å². The molecule has 134 valence electrons. The molecule has 0 fully saturated rings. The summed E-state index contributed by atoms with van der Waals surface area (Å²) in [5.74, 6) is -0.415. The van der Waals surface area contributed by atoms with Crippen LogP contribution in [0.1, 0.15) is 35.0 Å². The van der Waals surface area contributed by atoms with Gasteiger partial charge in [-0.25, -0.2) is 4.98 Å². The predicted molar refractivity (Wildman–Crippen MR) is 102 cm³/mol. The molecule has 2 aromatic heterocycles. The average molecular weight is 371 g/mol. The fraction of sp³-hybridized carbons (Fsp3) is 0.211. The molecule has 7 heteroatoms. The molecule has 3 aromatic rings. The standard InChI is InChI=1S/C19H19ClN4O2/c1-3-23(4-2)19(26)17-22-16(15-11-7-8-12-24(15)17)18(25)21-14-10-6-5-9-13(14)20/h5-12H,3-4H2,1-2H3,(H,21,25). The number of hydrogen-bond acceptors (Lipinski definition) is 3. The molecule has 26 heavy (non-hydrogen) atoms. The van der Waals surface area contributed by atoms with Crippen LogP contribution in [-0.2, 0) is 0 Å². The van der Waals surface area contributed by atoms with Crippen LogP contribution >= 0.6 is 11.6 Å². The minimum atomic E-state index is -0.416. The number of halogens is 1. The fourth-order valence-electron chi connectivity index (χ4n) is 2.75. The van der Waals surface area contributed by atoms with Gasteiger partial charge in [0, 0.05) is 19.3 Å². The third kappa shape index (κ3) is 3.28. The third-order valence-corrected chi connectivity index (χ3v) is 4.46. The van der Waals surface area contributed by atoms with Crippen LogP contribution in [0.25, 0.3) is 5.52 Å². The van der Waals surface area contributed by atoms with Gasteiger partial charge in [0.2, 0.25) is 5.82 Å². The van der Waals surface area contributed by atoms with Gasteiger partial charge in [-0.2, -0.15) is 0 Å². The quantitative estimate of drug-likeness (QED) is 0.744. The van der Waals surface area contributed by atoms with Crippen LogP contribution in [0.3, 0.4) is 0 Å². The number of benzene rings is 1. The van der Waals surface area contributed by atoms with E-state index in [1.807, 2.05) is 13.8 Å². The highest BCUT2D eigenvalue weighted by molar-refractivity contribution is 6.34. The SMILES string of the molecule is CCN(CC)C(=O)c1nc(C(=O)Nc2ccccc2Cl)c2ccccn12. The van der Waals surface area contributed by atoms with Crippen LogP contribution in [0.4, 0.5) is 5.69 Å². The van der Waals surface area contributed by atoms with Crippen molar-refractivity contribution in [2.24, 2.45) is 0 Å². The van der Waals surface area contributed by atoms with E-state index in [0.29, 0.717) is 29.3 Å². The second-order valence-electron chi connectivity index (χ2n) is 5.65. The van der Waals surface area contributed by atoms with E-state index in [2.05, 4.69) is 10.3 Å². The largest absolute Gasteiger partial charge is 0.337 e. The molecule has 0 atom stereocenters. The van der Waals surface area contributed by atoms with Crippen molar-refractivity contribution >= 4 is 34.6 Å². The highest BCUT2D eigenvalue weighted by Gasteiger charge is 2.24. The van der Waals surface area contributed by atoms with E-state index in [4.69, 9.17) is 11.6 Å². The van der Waals surface area contributed by atoms with Gasteiger partial charge in [0.25, 0.3) is 11.8 Å². The topological polar surface area (TPSA) is 66.7 Å². The molecule has 0 saturated carbocycles. The van der Waals surface area contributed by atoms with E-state index >= 15 is 0 Å². The normalized spacial score (nSPS) is 10.7. The number of hydrogen-bond donors (Lipinski definition) is 1. The van der Waals surface area contributed by atoms with Crippen molar-refractivity contribution < 1.29 is 9.59 Å². The number of anilines is 1. The molecule has 0 spiro atoms. The number of rotatable bonds is 5. The zero-order chi connectivity index (χ0) is 18.7. The van der Waals surface area contributed by atoms with Crippen LogP contribution in [0.2, 0.25) is 5.02 Å². The molecule has 0 saturated heterocycles. The summed E-state index contributed by atoms with van der Waals surface area (Å²) in [7, 11) is 0. The number of amides is 2. The smallest absolute Gasteiger partial charge is 0.290 e. The molecule has 0 unspecified atom stereocenters. The van der Waals surface area contributed by atoms with Crippen LogP contribution < -0.4 is 5.32 Å². The number of nitrogens with zero attached hydrogens (tertiary/aromatic N) is 3. The molecule has 2 amide bonds. The lowest BCUT2D eigenvalue weighted by Gasteiger charge is -2.17. The molecule has 1 N–H and O–H groups in total. The summed E-state index contributed by atoms with van der Waals surface area (Å²) in [6, 6.07) is 12.3.